The van der Waals surface area contributed by atoms with Gasteiger partial charge >= 0.3 is 0 Å². The lowest BCUT2D eigenvalue weighted by Crippen LogP contribution is -2.26. The van der Waals surface area contributed by atoms with E-state index in [0.29, 0.717) is 6.54 Å². The molecular weight excluding hydrogens is 212 g/mol. The van der Waals surface area contributed by atoms with E-state index in [1.807, 2.05) is 0 Å². The number of nitrogens with two attached hydrogens (primary N) is 1. The summed E-state index contributed by atoms with van der Waals surface area (Å²) < 4.78 is 5.13. The van der Waals surface area contributed by atoms with Gasteiger partial charge in [-0.05, 0) is 50.1 Å². The molecule has 0 unspecified atom stereocenters. The van der Waals surface area contributed by atoms with Gasteiger partial charge in [0.15, 0.2) is 0 Å². The third-order valence-electron chi connectivity index (χ3n) is 3.05. The summed E-state index contributed by atoms with van der Waals surface area (Å²) in [6.07, 6.45) is 0.955. The molecule has 0 aliphatic rings. The van der Waals surface area contributed by atoms with Crippen LogP contribution in [-0.2, 0) is 11.2 Å². The van der Waals surface area contributed by atoms with E-state index in [9.17, 15) is 0 Å². The van der Waals surface area contributed by atoms with Crippen LogP contribution in [0.3, 0.4) is 0 Å². The van der Waals surface area contributed by atoms with Crippen molar-refractivity contribution in [1.29, 1.82) is 0 Å². The van der Waals surface area contributed by atoms with Crippen molar-refractivity contribution in [2.75, 3.05) is 38.3 Å². The maximum absolute atomic E-state index is 5.59. The molecule has 0 fully saturated rings. The molecule has 0 bridgehead atoms. The summed E-state index contributed by atoms with van der Waals surface area (Å²) in [6, 6.07) is 6.61. The van der Waals surface area contributed by atoms with Gasteiger partial charge in [-0.2, -0.15) is 0 Å². The van der Waals surface area contributed by atoms with Gasteiger partial charge < -0.3 is 15.4 Å². The minimum atomic E-state index is 0.710. The molecule has 0 saturated carbocycles. The number of nitrogens with zero attached hydrogens (tertiary/aromatic N) is 1. The molecule has 0 spiro atoms. The van der Waals surface area contributed by atoms with Crippen molar-refractivity contribution >= 4 is 5.69 Å². The fourth-order valence-electron chi connectivity index (χ4n) is 1.98. The predicted molar refractivity (Wildman–Crippen MR) is 73.7 cm³/mol. The van der Waals surface area contributed by atoms with Crippen LogP contribution >= 0.6 is 0 Å². The normalized spacial score (nSPS) is 10.6. The summed E-state index contributed by atoms with van der Waals surface area (Å²) in [6.45, 7) is 7.72. The van der Waals surface area contributed by atoms with E-state index < -0.39 is 0 Å². The summed E-state index contributed by atoms with van der Waals surface area (Å²) in [5.41, 5.74) is 9.53. The zero-order valence-corrected chi connectivity index (χ0v) is 11.2. The minimum absolute atomic E-state index is 0.710. The topological polar surface area (TPSA) is 38.5 Å². The molecule has 0 aliphatic heterocycles. The Morgan fingerprint density at radius 3 is 2.65 bits per heavy atom. The van der Waals surface area contributed by atoms with Crippen LogP contribution in [0.25, 0.3) is 0 Å². The molecule has 0 radical (unpaired) electrons. The van der Waals surface area contributed by atoms with Gasteiger partial charge in [0.1, 0.15) is 0 Å². The molecule has 0 heterocycles. The SMILES string of the molecule is CCN(CCOC)c1ccc(CCN)c(C)c1. The summed E-state index contributed by atoms with van der Waals surface area (Å²) in [4.78, 5) is 2.32. The summed E-state index contributed by atoms with van der Waals surface area (Å²) in [7, 11) is 1.74. The number of anilines is 1. The Kier molecular flexibility index (Phi) is 6.01. The minimum Gasteiger partial charge on any atom is -0.383 e. The lowest BCUT2D eigenvalue weighted by atomic mass is 10.0. The standard InChI is InChI=1S/C14H24N2O/c1-4-16(9-10-17-3)14-6-5-13(7-8-15)12(2)11-14/h5-6,11H,4,7-10,15H2,1-3H3. The quantitative estimate of drug-likeness (QED) is 0.786. The van der Waals surface area contributed by atoms with Crippen LogP contribution in [0.1, 0.15) is 18.1 Å². The monoisotopic (exact) mass is 236 g/mol. The van der Waals surface area contributed by atoms with Crippen molar-refractivity contribution in [3.05, 3.63) is 29.3 Å². The smallest absolute Gasteiger partial charge is 0.0637 e. The van der Waals surface area contributed by atoms with Crippen LogP contribution in [-0.4, -0.2) is 33.4 Å². The Hall–Kier alpha value is -1.06. The molecule has 2 N–H and O–H groups in total. The molecule has 0 atom stereocenters. The Labute approximate surface area is 105 Å². The van der Waals surface area contributed by atoms with Crippen LogP contribution in [0.5, 0.6) is 0 Å². The maximum atomic E-state index is 5.59. The molecule has 1 aromatic carbocycles. The van der Waals surface area contributed by atoms with Gasteiger partial charge in [-0.25, -0.2) is 0 Å². The van der Waals surface area contributed by atoms with E-state index in [4.69, 9.17) is 10.5 Å². The second kappa shape index (κ2) is 7.30. The zero-order chi connectivity index (χ0) is 12.7. The van der Waals surface area contributed by atoms with E-state index in [1.54, 1.807) is 7.11 Å². The van der Waals surface area contributed by atoms with E-state index >= 15 is 0 Å². The first-order valence-electron chi connectivity index (χ1n) is 6.26. The molecule has 0 saturated heterocycles. The van der Waals surface area contributed by atoms with E-state index in [0.717, 1.165) is 26.1 Å². The fourth-order valence-corrected chi connectivity index (χ4v) is 1.98. The van der Waals surface area contributed by atoms with E-state index in [1.165, 1.54) is 16.8 Å². The molecule has 3 heteroatoms. The number of benzene rings is 1. The second-order valence-corrected chi connectivity index (χ2v) is 4.22. The third-order valence-corrected chi connectivity index (χ3v) is 3.05. The fraction of sp³-hybridized carbons (Fsp3) is 0.571. The van der Waals surface area contributed by atoms with Gasteiger partial charge in [-0.15, -0.1) is 0 Å². The highest BCUT2D eigenvalue weighted by molar-refractivity contribution is 5.50. The highest BCUT2D eigenvalue weighted by Crippen LogP contribution is 2.19. The second-order valence-electron chi connectivity index (χ2n) is 4.22. The van der Waals surface area contributed by atoms with E-state index in [2.05, 4.69) is 36.9 Å². The Bertz CT molecular complexity index is 339. The Balaban J connectivity index is 2.79. The molecule has 0 aromatic heterocycles. The van der Waals surface area contributed by atoms with Gasteiger partial charge in [-0.3, -0.25) is 0 Å². The number of methoxy groups -OCH3 is 1. The predicted octanol–water partition coefficient (Wildman–Crippen LogP) is 1.97. The summed E-state index contributed by atoms with van der Waals surface area (Å²) in [5, 5.41) is 0. The highest BCUT2D eigenvalue weighted by atomic mass is 16.5. The molecule has 1 rings (SSSR count). The lowest BCUT2D eigenvalue weighted by Gasteiger charge is -2.23. The van der Waals surface area contributed by atoms with Crippen LogP contribution in [0.15, 0.2) is 18.2 Å². The first-order chi connectivity index (χ1) is 8.22. The first-order valence-corrected chi connectivity index (χ1v) is 6.26. The molecular formula is C14H24N2O. The van der Waals surface area contributed by atoms with Crippen molar-refractivity contribution in [2.24, 2.45) is 5.73 Å². The van der Waals surface area contributed by atoms with Crippen LogP contribution in [0, 0.1) is 6.92 Å². The van der Waals surface area contributed by atoms with Crippen molar-refractivity contribution in [1.82, 2.24) is 0 Å². The average Bonchev–Trinajstić information content (AvgIpc) is 2.33. The number of hydrogen-bond acceptors (Lipinski definition) is 3. The summed E-state index contributed by atoms with van der Waals surface area (Å²) >= 11 is 0. The molecule has 0 amide bonds. The van der Waals surface area contributed by atoms with Crippen LogP contribution in [0.2, 0.25) is 0 Å². The number of aryl methyl sites for hydroxylation is 1. The molecule has 0 aliphatic carbocycles. The van der Waals surface area contributed by atoms with Crippen molar-refractivity contribution in [2.45, 2.75) is 20.3 Å². The van der Waals surface area contributed by atoms with E-state index in [-0.39, 0.29) is 0 Å². The van der Waals surface area contributed by atoms with Crippen molar-refractivity contribution in [3.8, 4) is 0 Å². The molecule has 1 aromatic rings. The Morgan fingerprint density at radius 2 is 2.12 bits per heavy atom. The van der Waals surface area contributed by atoms with Gasteiger partial charge in [0, 0.05) is 25.9 Å². The number of rotatable bonds is 7. The number of ether oxygens (including phenoxy) is 1. The number of likely N-dealkylation sites (N-methyl/N-ethyl adjacent to an activating group) is 1. The molecule has 17 heavy (non-hydrogen) atoms. The first kappa shape index (κ1) is 14.0. The largest absolute Gasteiger partial charge is 0.383 e. The zero-order valence-electron chi connectivity index (χ0n) is 11.2. The van der Waals surface area contributed by atoms with Crippen molar-refractivity contribution in [3.63, 3.8) is 0 Å². The maximum Gasteiger partial charge on any atom is 0.0637 e. The number of hydrogen-bond donors (Lipinski definition) is 1. The van der Waals surface area contributed by atoms with Crippen LogP contribution < -0.4 is 10.6 Å². The van der Waals surface area contributed by atoms with Gasteiger partial charge in [0.2, 0.25) is 0 Å². The average molecular weight is 236 g/mol. The molecule has 96 valence electrons. The van der Waals surface area contributed by atoms with Gasteiger partial charge in [0.05, 0.1) is 6.61 Å². The lowest BCUT2D eigenvalue weighted by molar-refractivity contribution is 0.205. The van der Waals surface area contributed by atoms with Crippen molar-refractivity contribution < 1.29 is 4.74 Å². The van der Waals surface area contributed by atoms with Gasteiger partial charge in [0.25, 0.3) is 0 Å². The van der Waals surface area contributed by atoms with Gasteiger partial charge in [-0.1, -0.05) is 6.07 Å². The van der Waals surface area contributed by atoms with Crippen LogP contribution in [0.4, 0.5) is 5.69 Å². The highest BCUT2D eigenvalue weighted by Gasteiger charge is 2.06. The third kappa shape index (κ3) is 4.02. The summed E-state index contributed by atoms with van der Waals surface area (Å²) in [5.74, 6) is 0. The Morgan fingerprint density at radius 1 is 1.35 bits per heavy atom. The molecule has 3 nitrogen and oxygen atoms in total.